The highest BCUT2D eigenvalue weighted by molar-refractivity contribution is 5.52. The molecule has 0 saturated carbocycles. The zero-order valence-corrected chi connectivity index (χ0v) is 9.99. The van der Waals surface area contributed by atoms with E-state index in [1.807, 2.05) is 11.4 Å². The molecule has 2 aromatic rings. The van der Waals surface area contributed by atoms with E-state index in [2.05, 4.69) is 35.0 Å². The molecule has 0 aliphatic carbocycles. The molecular formula is C12H16N4. The van der Waals surface area contributed by atoms with Crippen molar-refractivity contribution in [3.05, 3.63) is 28.7 Å². The predicted molar refractivity (Wildman–Crippen MR) is 62.5 cm³/mol. The van der Waals surface area contributed by atoms with Crippen molar-refractivity contribution < 1.29 is 0 Å². The minimum atomic E-state index is 0.967. The van der Waals surface area contributed by atoms with Crippen molar-refractivity contribution in [2.24, 2.45) is 0 Å². The molecule has 3 rings (SSSR count). The first-order valence-corrected chi connectivity index (χ1v) is 5.68. The minimum absolute atomic E-state index is 0.967. The zero-order chi connectivity index (χ0) is 11.3. The van der Waals surface area contributed by atoms with Crippen LogP contribution in [0, 0.1) is 13.8 Å². The van der Waals surface area contributed by atoms with Gasteiger partial charge in [-0.05, 0) is 27.0 Å². The van der Waals surface area contributed by atoms with Gasteiger partial charge in [-0.2, -0.15) is 5.10 Å². The van der Waals surface area contributed by atoms with Gasteiger partial charge in [-0.1, -0.05) is 0 Å². The molecule has 0 unspecified atom stereocenters. The molecule has 0 aromatic carbocycles. The molecule has 4 nitrogen and oxygen atoms in total. The monoisotopic (exact) mass is 216 g/mol. The number of hydrogen-bond acceptors (Lipinski definition) is 3. The van der Waals surface area contributed by atoms with Crippen LogP contribution in [0.1, 0.15) is 22.6 Å². The van der Waals surface area contributed by atoms with Gasteiger partial charge in [0, 0.05) is 36.5 Å². The Labute approximate surface area is 94.9 Å². The van der Waals surface area contributed by atoms with E-state index in [9.17, 15) is 0 Å². The third-order valence-electron chi connectivity index (χ3n) is 3.23. The SMILES string of the molecule is Cc1cc(C)n2nc3c(c2n1)CN(C)CC3. The van der Waals surface area contributed by atoms with Crippen LogP contribution in [-0.2, 0) is 13.0 Å². The van der Waals surface area contributed by atoms with Gasteiger partial charge in [0.1, 0.15) is 0 Å². The van der Waals surface area contributed by atoms with Gasteiger partial charge in [-0.15, -0.1) is 0 Å². The average Bonchev–Trinajstić information content (AvgIpc) is 2.57. The van der Waals surface area contributed by atoms with Gasteiger partial charge in [0.15, 0.2) is 5.65 Å². The molecule has 1 aliphatic rings. The van der Waals surface area contributed by atoms with Crippen LogP contribution in [0.15, 0.2) is 6.07 Å². The van der Waals surface area contributed by atoms with E-state index < -0.39 is 0 Å². The molecule has 0 atom stereocenters. The summed E-state index contributed by atoms with van der Waals surface area (Å²) in [6.45, 7) is 6.19. The van der Waals surface area contributed by atoms with Crippen LogP contribution in [0.25, 0.3) is 5.65 Å². The van der Waals surface area contributed by atoms with Crippen molar-refractivity contribution in [2.75, 3.05) is 13.6 Å². The Morgan fingerprint density at radius 2 is 2.12 bits per heavy atom. The number of fused-ring (bicyclic) bond motifs is 3. The summed E-state index contributed by atoms with van der Waals surface area (Å²) in [7, 11) is 2.15. The summed E-state index contributed by atoms with van der Waals surface area (Å²) in [5, 5.41) is 4.66. The molecule has 0 amide bonds. The first kappa shape index (κ1) is 9.78. The number of hydrogen-bond donors (Lipinski definition) is 0. The third-order valence-corrected chi connectivity index (χ3v) is 3.23. The highest BCUT2D eigenvalue weighted by atomic mass is 15.3. The standard InChI is InChI=1S/C12H16N4/c1-8-6-9(2)16-12(13-8)10-7-15(3)5-4-11(10)14-16/h6H,4-5,7H2,1-3H3. The summed E-state index contributed by atoms with van der Waals surface area (Å²) < 4.78 is 1.98. The van der Waals surface area contributed by atoms with Crippen molar-refractivity contribution >= 4 is 5.65 Å². The average molecular weight is 216 g/mol. The Hall–Kier alpha value is -1.42. The maximum Gasteiger partial charge on any atom is 0.160 e. The molecule has 4 heteroatoms. The van der Waals surface area contributed by atoms with E-state index in [1.165, 1.54) is 17.0 Å². The Morgan fingerprint density at radius 1 is 1.31 bits per heavy atom. The molecular weight excluding hydrogens is 200 g/mol. The predicted octanol–water partition coefficient (Wildman–Crippen LogP) is 1.33. The summed E-state index contributed by atoms with van der Waals surface area (Å²) >= 11 is 0. The maximum atomic E-state index is 4.66. The fourth-order valence-corrected chi connectivity index (χ4v) is 2.42. The Balaban J connectivity index is 2.30. The largest absolute Gasteiger partial charge is 0.302 e. The lowest BCUT2D eigenvalue weighted by Crippen LogP contribution is -2.26. The second kappa shape index (κ2) is 3.28. The van der Waals surface area contributed by atoms with E-state index in [1.54, 1.807) is 0 Å². The topological polar surface area (TPSA) is 33.4 Å². The number of aromatic nitrogens is 3. The number of likely N-dealkylation sites (N-methyl/N-ethyl adjacent to an activating group) is 1. The maximum absolute atomic E-state index is 4.66. The van der Waals surface area contributed by atoms with Gasteiger partial charge < -0.3 is 4.90 Å². The Bertz CT molecular complexity index is 556. The Morgan fingerprint density at radius 3 is 2.94 bits per heavy atom. The van der Waals surface area contributed by atoms with Crippen LogP contribution in [0.5, 0.6) is 0 Å². The molecule has 0 N–H and O–H groups in total. The van der Waals surface area contributed by atoms with Crippen molar-refractivity contribution in [1.82, 2.24) is 19.5 Å². The molecule has 0 bridgehead atoms. The van der Waals surface area contributed by atoms with E-state index >= 15 is 0 Å². The van der Waals surface area contributed by atoms with Gasteiger partial charge in [-0.25, -0.2) is 9.50 Å². The normalized spacial score (nSPS) is 16.7. The highest BCUT2D eigenvalue weighted by Crippen LogP contribution is 2.22. The highest BCUT2D eigenvalue weighted by Gasteiger charge is 2.21. The molecule has 0 fully saturated rings. The molecule has 0 saturated heterocycles. The second-order valence-electron chi connectivity index (χ2n) is 4.69. The van der Waals surface area contributed by atoms with Gasteiger partial charge in [0.05, 0.1) is 5.69 Å². The molecule has 16 heavy (non-hydrogen) atoms. The molecule has 1 aliphatic heterocycles. The summed E-state index contributed by atoms with van der Waals surface area (Å²) in [5.74, 6) is 0. The molecule has 84 valence electrons. The minimum Gasteiger partial charge on any atom is -0.302 e. The van der Waals surface area contributed by atoms with E-state index in [0.29, 0.717) is 0 Å². The second-order valence-corrected chi connectivity index (χ2v) is 4.69. The summed E-state index contributed by atoms with van der Waals surface area (Å²) in [6, 6.07) is 2.08. The van der Waals surface area contributed by atoms with Gasteiger partial charge >= 0.3 is 0 Å². The van der Waals surface area contributed by atoms with Gasteiger partial charge in [-0.3, -0.25) is 0 Å². The number of rotatable bonds is 0. The Kier molecular flexibility index (Phi) is 2.01. The van der Waals surface area contributed by atoms with Gasteiger partial charge in [0.2, 0.25) is 0 Å². The van der Waals surface area contributed by atoms with Gasteiger partial charge in [0.25, 0.3) is 0 Å². The summed E-state index contributed by atoms with van der Waals surface area (Å²) in [5.41, 5.74) is 5.80. The van der Waals surface area contributed by atoms with E-state index in [-0.39, 0.29) is 0 Å². The number of nitrogens with zero attached hydrogens (tertiary/aromatic N) is 4. The number of aryl methyl sites for hydroxylation is 2. The quantitative estimate of drug-likeness (QED) is 0.666. The van der Waals surface area contributed by atoms with Crippen LogP contribution in [0.3, 0.4) is 0 Å². The third kappa shape index (κ3) is 1.33. The van der Waals surface area contributed by atoms with Crippen molar-refractivity contribution in [2.45, 2.75) is 26.8 Å². The molecule has 0 radical (unpaired) electrons. The lowest BCUT2D eigenvalue weighted by molar-refractivity contribution is 0.312. The van der Waals surface area contributed by atoms with Crippen LogP contribution in [0.4, 0.5) is 0 Å². The van der Waals surface area contributed by atoms with Crippen LogP contribution >= 0.6 is 0 Å². The van der Waals surface area contributed by atoms with Crippen LogP contribution in [0.2, 0.25) is 0 Å². The fourth-order valence-electron chi connectivity index (χ4n) is 2.42. The van der Waals surface area contributed by atoms with Crippen molar-refractivity contribution in [3.63, 3.8) is 0 Å². The first-order valence-electron chi connectivity index (χ1n) is 5.68. The smallest absolute Gasteiger partial charge is 0.160 e. The summed E-state index contributed by atoms with van der Waals surface area (Å²) in [4.78, 5) is 6.94. The first-order chi connectivity index (χ1) is 7.65. The molecule has 3 heterocycles. The summed E-state index contributed by atoms with van der Waals surface area (Å²) in [6.07, 6.45) is 1.04. The van der Waals surface area contributed by atoms with E-state index in [4.69, 9.17) is 0 Å². The van der Waals surface area contributed by atoms with Crippen LogP contribution < -0.4 is 0 Å². The lowest BCUT2D eigenvalue weighted by atomic mass is 10.1. The lowest BCUT2D eigenvalue weighted by Gasteiger charge is -2.20. The molecule has 2 aromatic heterocycles. The van der Waals surface area contributed by atoms with Crippen molar-refractivity contribution in [1.29, 1.82) is 0 Å². The zero-order valence-electron chi connectivity index (χ0n) is 9.99. The van der Waals surface area contributed by atoms with Crippen molar-refractivity contribution in [3.8, 4) is 0 Å². The fraction of sp³-hybridized carbons (Fsp3) is 0.500. The van der Waals surface area contributed by atoms with Crippen LogP contribution in [-0.4, -0.2) is 33.1 Å². The van der Waals surface area contributed by atoms with E-state index in [0.717, 1.165) is 30.9 Å². The molecule has 0 spiro atoms.